The Hall–Kier alpha value is -3.32. The van der Waals surface area contributed by atoms with Gasteiger partial charge < -0.3 is 5.73 Å². The maximum absolute atomic E-state index is 6.03. The molecule has 0 aliphatic heterocycles. The third kappa shape index (κ3) is 3.76. The van der Waals surface area contributed by atoms with Crippen LogP contribution in [0.2, 0.25) is 0 Å². The minimum Gasteiger partial charge on any atom is -0.328 e. The van der Waals surface area contributed by atoms with Gasteiger partial charge in [-0.15, -0.1) is 0 Å². The number of benzene rings is 1. The summed E-state index contributed by atoms with van der Waals surface area (Å²) in [7, 11) is 1.92. The van der Waals surface area contributed by atoms with Crippen LogP contribution in [0, 0.1) is 0 Å². The van der Waals surface area contributed by atoms with Gasteiger partial charge in [0.1, 0.15) is 0 Å². The van der Waals surface area contributed by atoms with Gasteiger partial charge >= 0.3 is 0 Å². The van der Waals surface area contributed by atoms with Crippen molar-refractivity contribution in [2.75, 3.05) is 0 Å². The van der Waals surface area contributed by atoms with E-state index in [1.54, 1.807) is 4.68 Å². The van der Waals surface area contributed by atoms with Gasteiger partial charge in [-0.25, -0.2) is 9.97 Å². The van der Waals surface area contributed by atoms with Crippen molar-refractivity contribution in [2.45, 2.75) is 37.8 Å². The van der Waals surface area contributed by atoms with Crippen LogP contribution in [0.4, 0.5) is 0 Å². The number of aryl methyl sites for hydroxylation is 1. The summed E-state index contributed by atoms with van der Waals surface area (Å²) in [5.74, 6) is 0.707. The first kappa shape index (κ1) is 18.7. The van der Waals surface area contributed by atoms with E-state index in [2.05, 4.69) is 43.2 Å². The van der Waals surface area contributed by atoms with Crippen molar-refractivity contribution >= 4 is 0 Å². The highest BCUT2D eigenvalue weighted by Gasteiger charge is 2.20. The molecule has 152 valence electrons. The molecule has 3 aromatic heterocycles. The van der Waals surface area contributed by atoms with Crippen molar-refractivity contribution in [3.05, 3.63) is 61.4 Å². The highest BCUT2D eigenvalue weighted by Crippen LogP contribution is 2.29. The van der Waals surface area contributed by atoms with Crippen LogP contribution in [0.5, 0.6) is 0 Å². The van der Waals surface area contributed by atoms with Crippen molar-refractivity contribution in [3.8, 4) is 33.6 Å². The third-order valence-electron chi connectivity index (χ3n) is 5.86. The molecule has 1 aromatic carbocycles. The molecule has 30 heavy (non-hydrogen) atoms. The van der Waals surface area contributed by atoms with Gasteiger partial charge in [0.05, 0.1) is 18.4 Å². The number of aromatic nitrogens is 6. The van der Waals surface area contributed by atoms with E-state index in [1.165, 1.54) is 0 Å². The van der Waals surface area contributed by atoms with Crippen LogP contribution in [0.15, 0.2) is 61.4 Å². The average Bonchev–Trinajstić information content (AvgIpc) is 3.44. The Bertz CT molecular complexity index is 1130. The predicted octanol–water partition coefficient (Wildman–Crippen LogP) is 3.85. The molecule has 7 heteroatoms. The van der Waals surface area contributed by atoms with Gasteiger partial charge in [0.2, 0.25) is 0 Å². The Kier molecular flexibility index (Phi) is 4.88. The Morgan fingerprint density at radius 2 is 1.50 bits per heavy atom. The van der Waals surface area contributed by atoms with Crippen molar-refractivity contribution < 1.29 is 0 Å². The first-order valence-corrected chi connectivity index (χ1v) is 10.4. The molecule has 0 amide bonds. The number of nitrogens with two attached hydrogens (primary N) is 1. The molecule has 3 heterocycles. The second kappa shape index (κ2) is 7.84. The third-order valence-corrected chi connectivity index (χ3v) is 5.86. The van der Waals surface area contributed by atoms with Gasteiger partial charge in [0, 0.05) is 60.1 Å². The molecule has 1 fully saturated rings. The van der Waals surface area contributed by atoms with Crippen LogP contribution in [0.1, 0.15) is 31.7 Å². The molecule has 1 aliphatic rings. The number of hydrogen-bond acceptors (Lipinski definition) is 5. The van der Waals surface area contributed by atoms with E-state index in [9.17, 15) is 0 Å². The summed E-state index contributed by atoms with van der Waals surface area (Å²) in [6.07, 6.45) is 15.9. The van der Waals surface area contributed by atoms with Gasteiger partial charge in [0.25, 0.3) is 0 Å². The van der Waals surface area contributed by atoms with Crippen LogP contribution < -0.4 is 5.73 Å². The van der Waals surface area contributed by atoms with Crippen LogP contribution in [0.3, 0.4) is 0 Å². The first-order valence-electron chi connectivity index (χ1n) is 10.4. The molecule has 1 saturated carbocycles. The van der Waals surface area contributed by atoms with Gasteiger partial charge in [-0.2, -0.15) is 10.2 Å². The minimum absolute atomic E-state index is 0.342. The molecule has 2 N–H and O–H groups in total. The summed E-state index contributed by atoms with van der Waals surface area (Å²) < 4.78 is 3.88. The lowest BCUT2D eigenvalue weighted by molar-refractivity contribution is 0.304. The quantitative estimate of drug-likeness (QED) is 0.563. The summed E-state index contributed by atoms with van der Waals surface area (Å²) >= 11 is 0. The highest BCUT2D eigenvalue weighted by atomic mass is 15.3. The van der Waals surface area contributed by atoms with E-state index in [4.69, 9.17) is 5.73 Å². The first-order chi connectivity index (χ1) is 14.7. The Balaban J connectivity index is 1.35. The van der Waals surface area contributed by atoms with E-state index in [0.717, 1.165) is 53.5 Å². The molecule has 0 spiro atoms. The predicted molar refractivity (Wildman–Crippen MR) is 116 cm³/mol. The summed E-state index contributed by atoms with van der Waals surface area (Å²) in [5, 5.41) is 8.83. The largest absolute Gasteiger partial charge is 0.328 e. The fourth-order valence-electron chi connectivity index (χ4n) is 4.09. The van der Waals surface area contributed by atoms with Crippen molar-refractivity contribution in [3.63, 3.8) is 0 Å². The van der Waals surface area contributed by atoms with Crippen LogP contribution in [0.25, 0.3) is 33.6 Å². The molecule has 0 bridgehead atoms. The van der Waals surface area contributed by atoms with Gasteiger partial charge in [-0.3, -0.25) is 9.36 Å². The Morgan fingerprint density at radius 3 is 2.23 bits per heavy atom. The zero-order valence-electron chi connectivity index (χ0n) is 17.0. The van der Waals surface area contributed by atoms with E-state index < -0.39 is 0 Å². The summed E-state index contributed by atoms with van der Waals surface area (Å²) in [6, 6.07) is 9.00. The Morgan fingerprint density at radius 1 is 0.800 bits per heavy atom. The van der Waals surface area contributed by atoms with Crippen LogP contribution in [-0.4, -0.2) is 35.6 Å². The lowest BCUT2D eigenvalue weighted by Crippen LogP contribution is -2.27. The number of nitrogens with zero attached hydrogens (tertiary/aromatic N) is 6. The van der Waals surface area contributed by atoms with Crippen molar-refractivity contribution in [1.82, 2.24) is 29.5 Å². The smallest absolute Gasteiger partial charge is 0.159 e. The minimum atomic E-state index is 0.342. The molecule has 7 nitrogen and oxygen atoms in total. The number of rotatable bonds is 4. The number of hydrogen-bond donors (Lipinski definition) is 1. The second-order valence-corrected chi connectivity index (χ2v) is 8.06. The normalized spacial score (nSPS) is 19.1. The van der Waals surface area contributed by atoms with Crippen molar-refractivity contribution in [1.29, 1.82) is 0 Å². The van der Waals surface area contributed by atoms with Crippen LogP contribution >= 0.6 is 0 Å². The molecular formula is C23H25N7. The molecular weight excluding hydrogens is 374 g/mol. The fraction of sp³-hybridized carbons (Fsp3) is 0.304. The maximum Gasteiger partial charge on any atom is 0.159 e. The summed E-state index contributed by atoms with van der Waals surface area (Å²) in [4.78, 5) is 9.22. The monoisotopic (exact) mass is 399 g/mol. The van der Waals surface area contributed by atoms with E-state index in [1.807, 2.05) is 50.2 Å². The zero-order valence-corrected chi connectivity index (χ0v) is 17.0. The highest BCUT2D eigenvalue weighted by molar-refractivity contribution is 5.70. The van der Waals surface area contributed by atoms with Gasteiger partial charge in [0.15, 0.2) is 5.82 Å². The molecule has 0 atom stereocenters. The average molecular weight is 400 g/mol. The Labute approximate surface area is 175 Å². The standard InChI is InChI=1S/C23H25N7/c1-29-14-19(12-27-29)16-3-2-4-17(9-16)23-25-10-18(11-26-23)20-13-28-30(15-20)22-7-5-21(24)6-8-22/h2-4,9-15,21-22H,5-8,24H2,1H3/t21-,22+. The molecule has 4 aromatic rings. The maximum atomic E-state index is 6.03. The van der Waals surface area contributed by atoms with E-state index >= 15 is 0 Å². The summed E-state index contributed by atoms with van der Waals surface area (Å²) in [6.45, 7) is 0. The fourth-order valence-corrected chi connectivity index (χ4v) is 4.09. The second-order valence-electron chi connectivity index (χ2n) is 8.06. The van der Waals surface area contributed by atoms with Crippen molar-refractivity contribution in [2.24, 2.45) is 12.8 Å². The molecule has 0 unspecified atom stereocenters. The van der Waals surface area contributed by atoms with Crippen LogP contribution in [-0.2, 0) is 7.05 Å². The molecule has 1 aliphatic carbocycles. The topological polar surface area (TPSA) is 87.4 Å². The molecule has 5 rings (SSSR count). The lowest BCUT2D eigenvalue weighted by atomic mass is 9.92. The summed E-state index contributed by atoms with van der Waals surface area (Å²) in [5.41, 5.74) is 11.2. The van der Waals surface area contributed by atoms with E-state index in [0.29, 0.717) is 17.9 Å². The zero-order chi connectivity index (χ0) is 20.5. The SMILES string of the molecule is Cn1cc(-c2cccc(-c3ncc(-c4cnn([C@H]5CC[C@@H](N)CC5)c4)cn3)c2)cn1. The lowest BCUT2D eigenvalue weighted by Gasteiger charge is -2.26. The van der Waals surface area contributed by atoms with Gasteiger partial charge in [-0.05, 0) is 37.3 Å². The molecule has 0 saturated heterocycles. The van der Waals surface area contributed by atoms with Gasteiger partial charge in [-0.1, -0.05) is 18.2 Å². The molecule has 0 radical (unpaired) electrons. The van der Waals surface area contributed by atoms with E-state index in [-0.39, 0.29) is 0 Å².